The number of hydrogen-bond acceptors (Lipinski definition) is 5. The third kappa shape index (κ3) is 3.95. The lowest BCUT2D eigenvalue weighted by Crippen LogP contribution is -2.25. The van der Waals surface area contributed by atoms with Crippen LogP contribution < -0.4 is 10.1 Å². The number of amides is 1. The molecule has 7 nitrogen and oxygen atoms in total. The lowest BCUT2D eigenvalue weighted by Gasteiger charge is -2.15. The molecule has 2 aromatic heterocycles. The molecule has 3 heterocycles. The normalized spacial score (nSPS) is 17.4. The van der Waals surface area contributed by atoms with Crippen LogP contribution in [-0.4, -0.2) is 46.2 Å². The summed E-state index contributed by atoms with van der Waals surface area (Å²) in [4.78, 5) is 18.2. The third-order valence-corrected chi connectivity index (χ3v) is 6.74. The number of hydrogen-bond donors (Lipinski definition) is 2. The summed E-state index contributed by atoms with van der Waals surface area (Å²) in [6, 6.07) is 8.53. The Morgan fingerprint density at radius 3 is 2.91 bits per heavy atom. The number of nitrogens with zero attached hydrogens (tertiary/aromatic N) is 3. The van der Waals surface area contributed by atoms with E-state index in [0.29, 0.717) is 6.54 Å². The molecule has 2 aliphatic rings. The number of nitrogens with one attached hydrogen (secondary N) is 2. The zero-order valence-corrected chi connectivity index (χ0v) is 18.6. The van der Waals surface area contributed by atoms with Crippen molar-refractivity contribution >= 4 is 11.7 Å². The van der Waals surface area contributed by atoms with Crippen molar-refractivity contribution < 1.29 is 9.53 Å². The number of likely N-dealkylation sites (tertiary alicyclic amines) is 1. The van der Waals surface area contributed by atoms with Gasteiger partial charge in [-0.2, -0.15) is 5.10 Å². The molecule has 32 heavy (non-hydrogen) atoms. The minimum Gasteiger partial charge on any atom is -0.496 e. The number of H-pyrrole nitrogens is 1. The van der Waals surface area contributed by atoms with Gasteiger partial charge in [-0.15, -0.1) is 0 Å². The Hall–Kier alpha value is -3.35. The second kappa shape index (κ2) is 8.65. The number of ether oxygens (including phenoxy) is 1. The summed E-state index contributed by atoms with van der Waals surface area (Å²) in [6.07, 6.45) is 8.15. The van der Waals surface area contributed by atoms with E-state index in [1.165, 1.54) is 17.5 Å². The van der Waals surface area contributed by atoms with Crippen LogP contribution in [0, 0.1) is 0 Å². The fraction of sp³-hybridized carbons (Fsp3) is 0.400. The van der Waals surface area contributed by atoms with E-state index in [1.807, 2.05) is 23.4 Å². The predicted molar refractivity (Wildman–Crippen MR) is 124 cm³/mol. The molecular formula is C25H29N5O2. The molecule has 5 rings (SSSR count). The van der Waals surface area contributed by atoms with Crippen LogP contribution in [0.5, 0.6) is 5.75 Å². The van der Waals surface area contributed by atoms with Gasteiger partial charge in [0.2, 0.25) is 5.91 Å². The highest BCUT2D eigenvalue weighted by Gasteiger charge is 2.28. The molecule has 0 saturated carbocycles. The van der Waals surface area contributed by atoms with Crippen molar-refractivity contribution in [3.05, 3.63) is 59.0 Å². The monoisotopic (exact) mass is 431 g/mol. The first kappa shape index (κ1) is 20.5. The topological polar surface area (TPSA) is 83.1 Å². The Kier molecular flexibility index (Phi) is 5.55. The lowest BCUT2D eigenvalue weighted by molar-refractivity contribution is -0.127. The quantitative estimate of drug-likeness (QED) is 0.618. The number of aromatic nitrogens is 3. The van der Waals surface area contributed by atoms with Gasteiger partial charge in [-0.05, 0) is 60.6 Å². The number of carbonyl (C=O) groups is 1. The van der Waals surface area contributed by atoms with Gasteiger partial charge in [-0.3, -0.25) is 9.89 Å². The fourth-order valence-corrected chi connectivity index (χ4v) is 4.98. The van der Waals surface area contributed by atoms with Crippen molar-refractivity contribution in [2.75, 3.05) is 25.5 Å². The van der Waals surface area contributed by atoms with Crippen LogP contribution in [-0.2, 0) is 24.2 Å². The first-order valence-corrected chi connectivity index (χ1v) is 11.3. The zero-order valence-electron chi connectivity index (χ0n) is 18.6. The number of benzene rings is 1. The summed E-state index contributed by atoms with van der Waals surface area (Å²) in [7, 11) is 1.73. The van der Waals surface area contributed by atoms with E-state index in [0.717, 1.165) is 66.3 Å². The molecule has 1 amide bonds. The van der Waals surface area contributed by atoms with Gasteiger partial charge in [0.15, 0.2) is 0 Å². The van der Waals surface area contributed by atoms with E-state index in [-0.39, 0.29) is 11.8 Å². The lowest BCUT2D eigenvalue weighted by atomic mass is 9.97. The van der Waals surface area contributed by atoms with Crippen LogP contribution in [0.3, 0.4) is 0 Å². The van der Waals surface area contributed by atoms with E-state index >= 15 is 0 Å². The molecule has 166 valence electrons. The Bertz CT molecular complexity index is 1140. The summed E-state index contributed by atoms with van der Waals surface area (Å²) < 4.78 is 5.64. The smallest absolute Gasteiger partial charge is 0.219 e. The van der Waals surface area contributed by atoms with Crippen LogP contribution in [0.25, 0.3) is 11.1 Å². The maximum atomic E-state index is 11.7. The van der Waals surface area contributed by atoms with Gasteiger partial charge >= 0.3 is 0 Å². The average molecular weight is 432 g/mol. The van der Waals surface area contributed by atoms with Gasteiger partial charge in [0.05, 0.1) is 13.3 Å². The number of methoxy groups -OCH3 is 1. The molecular weight excluding hydrogens is 402 g/mol. The van der Waals surface area contributed by atoms with Crippen molar-refractivity contribution in [1.82, 2.24) is 20.1 Å². The number of fused-ring (bicyclic) bond motifs is 1. The molecule has 0 radical (unpaired) electrons. The third-order valence-electron chi connectivity index (χ3n) is 6.74. The van der Waals surface area contributed by atoms with Crippen LogP contribution in [0.2, 0.25) is 0 Å². The van der Waals surface area contributed by atoms with Gasteiger partial charge in [0, 0.05) is 55.5 Å². The minimum absolute atomic E-state index is 0.131. The van der Waals surface area contributed by atoms with E-state index in [4.69, 9.17) is 4.74 Å². The molecule has 1 fully saturated rings. The van der Waals surface area contributed by atoms with Gasteiger partial charge in [0.25, 0.3) is 0 Å². The minimum atomic E-state index is 0.131. The van der Waals surface area contributed by atoms with E-state index < -0.39 is 0 Å². The summed E-state index contributed by atoms with van der Waals surface area (Å²) in [5.74, 6) is 2.15. The molecule has 1 aliphatic carbocycles. The van der Waals surface area contributed by atoms with Crippen molar-refractivity contribution in [3.63, 3.8) is 0 Å². The number of carbonyl (C=O) groups excluding carboxylic acids is 1. The van der Waals surface area contributed by atoms with Gasteiger partial charge in [-0.1, -0.05) is 6.07 Å². The van der Waals surface area contributed by atoms with Gasteiger partial charge < -0.3 is 15.0 Å². The Labute approximate surface area is 188 Å². The second-order valence-electron chi connectivity index (χ2n) is 8.72. The molecule has 7 heteroatoms. The van der Waals surface area contributed by atoms with Crippen molar-refractivity contribution in [3.8, 4) is 16.9 Å². The highest BCUT2D eigenvalue weighted by Crippen LogP contribution is 2.34. The Balaban J connectivity index is 1.34. The van der Waals surface area contributed by atoms with Crippen molar-refractivity contribution in [1.29, 1.82) is 0 Å². The molecule has 1 saturated heterocycles. The fourth-order valence-electron chi connectivity index (χ4n) is 4.98. The van der Waals surface area contributed by atoms with Crippen molar-refractivity contribution in [2.24, 2.45) is 0 Å². The Morgan fingerprint density at radius 2 is 2.12 bits per heavy atom. The van der Waals surface area contributed by atoms with Crippen LogP contribution in [0.4, 0.5) is 5.82 Å². The summed E-state index contributed by atoms with van der Waals surface area (Å²) in [6.45, 7) is 3.82. The second-order valence-corrected chi connectivity index (χ2v) is 8.72. The van der Waals surface area contributed by atoms with Gasteiger partial charge in [-0.25, -0.2) is 4.98 Å². The molecule has 1 aromatic carbocycles. The molecule has 0 unspecified atom stereocenters. The number of aryl methyl sites for hydroxylation is 2. The van der Waals surface area contributed by atoms with Crippen molar-refractivity contribution in [2.45, 2.75) is 45.1 Å². The summed E-state index contributed by atoms with van der Waals surface area (Å²) in [5, 5.41) is 10.9. The molecule has 1 aliphatic heterocycles. The first-order valence-electron chi connectivity index (χ1n) is 11.3. The standard InChI is InChI=1S/C25H29N5O2/c1-16(31)30-9-7-20(15-30)25-22(14-28-29-25)19-6-8-26-24(12-19)27-13-21-10-17-4-3-5-18(17)11-23(21)32-2/h6,8,10-12,14,20H,3-5,7,9,13,15H2,1-2H3,(H,26,27)(H,28,29)/t20-/m0/s1. The summed E-state index contributed by atoms with van der Waals surface area (Å²) >= 11 is 0. The van der Waals surface area contributed by atoms with E-state index in [9.17, 15) is 4.79 Å². The van der Waals surface area contributed by atoms with Crippen LogP contribution >= 0.6 is 0 Å². The largest absolute Gasteiger partial charge is 0.496 e. The Morgan fingerprint density at radius 1 is 1.28 bits per heavy atom. The number of anilines is 1. The molecule has 0 spiro atoms. The molecule has 2 N–H and O–H groups in total. The number of aromatic amines is 1. The molecule has 3 aromatic rings. The first-order chi connectivity index (χ1) is 15.6. The highest BCUT2D eigenvalue weighted by atomic mass is 16.5. The molecule has 0 bridgehead atoms. The SMILES string of the molecule is COc1cc2c(cc1CNc1cc(-c3cn[nH]c3[C@H]3CCN(C(C)=O)C3)ccn1)CCC2. The summed E-state index contributed by atoms with van der Waals surface area (Å²) in [5.41, 5.74) is 7.22. The highest BCUT2D eigenvalue weighted by molar-refractivity contribution is 5.74. The average Bonchev–Trinajstić information content (AvgIpc) is 3.56. The maximum absolute atomic E-state index is 11.7. The van der Waals surface area contributed by atoms with Crippen LogP contribution in [0.1, 0.15) is 48.1 Å². The number of rotatable bonds is 6. The zero-order chi connectivity index (χ0) is 22.1. The van der Waals surface area contributed by atoms with E-state index in [2.05, 4.69) is 38.7 Å². The number of pyridine rings is 1. The predicted octanol–water partition coefficient (Wildman–Crippen LogP) is 3.92. The van der Waals surface area contributed by atoms with Gasteiger partial charge in [0.1, 0.15) is 11.6 Å². The van der Waals surface area contributed by atoms with Crippen LogP contribution in [0.15, 0.2) is 36.7 Å². The maximum Gasteiger partial charge on any atom is 0.219 e. The molecule has 1 atom stereocenters. The van der Waals surface area contributed by atoms with E-state index in [1.54, 1.807) is 14.0 Å².